The van der Waals surface area contributed by atoms with E-state index in [1.54, 1.807) is 6.92 Å². The van der Waals surface area contributed by atoms with E-state index in [1.807, 2.05) is 27.7 Å². The number of imide groups is 1. The van der Waals surface area contributed by atoms with Gasteiger partial charge in [0, 0.05) is 18.9 Å². The summed E-state index contributed by atoms with van der Waals surface area (Å²) in [5.74, 6) is -1.08. The Kier molecular flexibility index (Phi) is 12.5. The third kappa shape index (κ3) is 6.32. The van der Waals surface area contributed by atoms with Crippen molar-refractivity contribution in [2.45, 2.75) is 47.5 Å². The van der Waals surface area contributed by atoms with Crippen LogP contribution < -0.4 is 0 Å². The molecule has 1 fully saturated rings. The summed E-state index contributed by atoms with van der Waals surface area (Å²) in [4.78, 5) is 34.5. The van der Waals surface area contributed by atoms with E-state index in [9.17, 15) is 14.4 Å². The van der Waals surface area contributed by atoms with Crippen molar-refractivity contribution in [3.8, 4) is 0 Å². The molecule has 0 radical (unpaired) electrons. The number of carbonyl (C=O) groups excluding carboxylic acids is 3. The fourth-order valence-corrected chi connectivity index (χ4v) is 1.55. The highest BCUT2D eigenvalue weighted by Gasteiger charge is 2.35. The van der Waals surface area contributed by atoms with E-state index in [2.05, 4.69) is 3.07 Å². The zero-order valence-electron chi connectivity index (χ0n) is 11.7. The Labute approximate surface area is 123 Å². The molecular weight excluding hydrogens is 349 g/mol. The minimum atomic E-state index is -0.425. The van der Waals surface area contributed by atoms with Crippen LogP contribution in [-0.2, 0) is 17.4 Å². The van der Waals surface area contributed by atoms with Gasteiger partial charge in [0.15, 0.2) is 23.0 Å². The van der Waals surface area contributed by atoms with Gasteiger partial charge in [-0.15, -0.1) is 0 Å². The Bertz CT molecular complexity index is 281. The van der Waals surface area contributed by atoms with Crippen LogP contribution in [0, 0.1) is 5.92 Å². The van der Waals surface area contributed by atoms with E-state index in [1.165, 1.54) is 23.0 Å². The van der Waals surface area contributed by atoms with Crippen molar-refractivity contribution in [3.05, 3.63) is 0 Å². The second-order valence-electron chi connectivity index (χ2n) is 3.19. The number of likely N-dealkylation sites (tertiary alicyclic amines) is 1. The smallest absolute Gasteiger partial charge is 0.317 e. The van der Waals surface area contributed by atoms with Gasteiger partial charge in [-0.3, -0.25) is 19.3 Å². The first-order valence-electron chi connectivity index (χ1n) is 6.22. The maximum absolute atomic E-state index is 11.4. The molecule has 0 aliphatic carbocycles. The number of nitrogens with zero attached hydrogens (tertiary/aromatic N) is 1. The van der Waals surface area contributed by atoms with E-state index in [0.29, 0.717) is 0 Å². The van der Waals surface area contributed by atoms with E-state index >= 15 is 0 Å². The van der Waals surface area contributed by atoms with E-state index in [4.69, 9.17) is 0 Å². The molecule has 1 aliphatic rings. The lowest BCUT2D eigenvalue weighted by atomic mass is 10.1. The lowest BCUT2D eigenvalue weighted by Crippen LogP contribution is -2.32. The summed E-state index contributed by atoms with van der Waals surface area (Å²) in [6.45, 7) is 9.83. The summed E-state index contributed by atoms with van der Waals surface area (Å²) in [6, 6.07) is 0. The SMILES string of the molecule is CC.CC.CC1CC(=O)N(CCC(=O)OI)C1=O. The molecular formula is C12H22INO4. The summed E-state index contributed by atoms with van der Waals surface area (Å²) in [7, 11) is 0. The average Bonchev–Trinajstić information content (AvgIpc) is 2.65. The molecule has 6 heteroatoms. The van der Waals surface area contributed by atoms with Crippen molar-refractivity contribution in [2.24, 2.45) is 5.92 Å². The first-order chi connectivity index (χ1) is 8.56. The minimum Gasteiger partial charge on any atom is -0.394 e. The van der Waals surface area contributed by atoms with Gasteiger partial charge in [-0.25, -0.2) is 0 Å². The molecule has 18 heavy (non-hydrogen) atoms. The van der Waals surface area contributed by atoms with Gasteiger partial charge >= 0.3 is 5.97 Å². The molecule has 0 bridgehead atoms. The van der Waals surface area contributed by atoms with Gasteiger partial charge in [0.25, 0.3) is 0 Å². The van der Waals surface area contributed by atoms with Crippen LogP contribution in [0.3, 0.4) is 0 Å². The number of carbonyl (C=O) groups is 3. The average molecular weight is 371 g/mol. The van der Waals surface area contributed by atoms with Crippen molar-refractivity contribution in [2.75, 3.05) is 6.54 Å². The standard InChI is InChI=1S/C8H10INO4.2C2H6/c1-5-4-6(11)10(8(5)13)3-2-7(12)14-9;2*1-2/h5H,2-4H2,1H3;2*1-2H3. The fraction of sp³-hybridized carbons (Fsp3) is 0.750. The van der Waals surface area contributed by atoms with Crippen LogP contribution in [0.4, 0.5) is 0 Å². The Hall–Kier alpha value is -0.660. The molecule has 0 N–H and O–H groups in total. The van der Waals surface area contributed by atoms with Crippen LogP contribution >= 0.6 is 23.0 Å². The van der Waals surface area contributed by atoms with Gasteiger partial charge in [-0.05, 0) is 0 Å². The molecule has 0 aromatic heterocycles. The van der Waals surface area contributed by atoms with Gasteiger partial charge in [0.2, 0.25) is 11.8 Å². The molecule has 1 unspecified atom stereocenters. The molecule has 106 valence electrons. The quantitative estimate of drug-likeness (QED) is 0.565. The molecule has 2 amide bonds. The predicted molar refractivity (Wildman–Crippen MR) is 77.9 cm³/mol. The lowest BCUT2D eigenvalue weighted by Gasteiger charge is -2.12. The van der Waals surface area contributed by atoms with E-state index in [-0.39, 0.29) is 37.1 Å². The maximum atomic E-state index is 11.4. The molecule has 0 spiro atoms. The summed E-state index contributed by atoms with van der Waals surface area (Å²) in [6.07, 6.45) is 0.311. The largest absolute Gasteiger partial charge is 0.394 e. The van der Waals surface area contributed by atoms with Gasteiger partial charge in [-0.1, -0.05) is 34.6 Å². The third-order valence-electron chi connectivity index (χ3n) is 2.10. The molecule has 0 aromatic carbocycles. The molecule has 1 rings (SSSR count). The molecule has 1 saturated heterocycles. The number of amides is 2. The van der Waals surface area contributed by atoms with Crippen molar-refractivity contribution < 1.29 is 17.4 Å². The van der Waals surface area contributed by atoms with Crippen molar-refractivity contribution in [3.63, 3.8) is 0 Å². The highest BCUT2D eigenvalue weighted by atomic mass is 127. The Morgan fingerprint density at radius 3 is 2.17 bits per heavy atom. The predicted octanol–water partition coefficient (Wildman–Crippen LogP) is 2.72. The summed E-state index contributed by atoms with van der Waals surface area (Å²) in [5, 5.41) is 0. The zero-order chi connectivity index (χ0) is 14.7. The summed E-state index contributed by atoms with van der Waals surface area (Å²) in [5.41, 5.74) is 0. The van der Waals surface area contributed by atoms with Gasteiger partial charge in [0.1, 0.15) is 0 Å². The molecule has 0 saturated carbocycles. The van der Waals surface area contributed by atoms with Crippen LogP contribution in [0.5, 0.6) is 0 Å². The van der Waals surface area contributed by atoms with Crippen LogP contribution in [0.25, 0.3) is 0 Å². The highest BCUT2D eigenvalue weighted by Crippen LogP contribution is 2.18. The van der Waals surface area contributed by atoms with Crippen molar-refractivity contribution in [1.82, 2.24) is 4.90 Å². The lowest BCUT2D eigenvalue weighted by molar-refractivity contribution is -0.140. The van der Waals surface area contributed by atoms with Crippen LogP contribution in [0.15, 0.2) is 0 Å². The summed E-state index contributed by atoms with van der Waals surface area (Å²) < 4.78 is 4.39. The Balaban J connectivity index is 0. The minimum absolute atomic E-state index is 0.0626. The van der Waals surface area contributed by atoms with Crippen molar-refractivity contribution in [1.29, 1.82) is 0 Å². The summed E-state index contributed by atoms with van der Waals surface area (Å²) >= 11 is 1.48. The molecule has 5 nitrogen and oxygen atoms in total. The van der Waals surface area contributed by atoms with Gasteiger partial charge < -0.3 is 3.07 Å². The third-order valence-corrected chi connectivity index (χ3v) is 2.59. The van der Waals surface area contributed by atoms with Gasteiger partial charge in [0.05, 0.1) is 6.42 Å². The van der Waals surface area contributed by atoms with E-state index in [0.717, 1.165) is 4.90 Å². The molecule has 1 atom stereocenters. The normalized spacial score (nSPS) is 17.4. The number of hydrogen-bond donors (Lipinski definition) is 0. The van der Waals surface area contributed by atoms with Crippen molar-refractivity contribution >= 4 is 40.8 Å². The first kappa shape index (κ1) is 19.7. The highest BCUT2D eigenvalue weighted by molar-refractivity contribution is 14.1. The Morgan fingerprint density at radius 1 is 1.33 bits per heavy atom. The monoisotopic (exact) mass is 371 g/mol. The number of rotatable bonds is 3. The second kappa shape index (κ2) is 11.4. The topological polar surface area (TPSA) is 63.7 Å². The fourth-order valence-electron chi connectivity index (χ4n) is 1.32. The molecule has 1 heterocycles. The van der Waals surface area contributed by atoms with Gasteiger partial charge in [-0.2, -0.15) is 0 Å². The molecule has 1 aliphatic heterocycles. The van der Waals surface area contributed by atoms with Crippen LogP contribution in [0.1, 0.15) is 47.5 Å². The molecule has 0 aromatic rings. The Morgan fingerprint density at radius 2 is 1.83 bits per heavy atom. The van der Waals surface area contributed by atoms with Crippen LogP contribution in [0.2, 0.25) is 0 Å². The second-order valence-corrected chi connectivity index (χ2v) is 3.63. The number of halogens is 1. The maximum Gasteiger partial charge on any atom is 0.317 e. The van der Waals surface area contributed by atoms with E-state index < -0.39 is 5.97 Å². The first-order valence-corrected chi connectivity index (χ1v) is 7.10. The number of hydrogen-bond acceptors (Lipinski definition) is 4. The van der Waals surface area contributed by atoms with Crippen LogP contribution in [-0.4, -0.2) is 29.2 Å². The zero-order valence-corrected chi connectivity index (χ0v) is 13.8.